The number of rotatable bonds is 4. The number of aromatic nitrogens is 3. The Hall–Kier alpha value is -3.72. The van der Waals surface area contributed by atoms with E-state index in [-0.39, 0.29) is 19.2 Å². The van der Waals surface area contributed by atoms with E-state index in [0.29, 0.717) is 28.4 Å². The molecule has 5 rings (SSSR count). The molecule has 1 aliphatic heterocycles. The number of aryl methyl sites for hydroxylation is 2. The van der Waals surface area contributed by atoms with Gasteiger partial charge >= 0.3 is 0 Å². The molecular formula is C22H18N4O4S. The van der Waals surface area contributed by atoms with Crippen LogP contribution in [0.2, 0.25) is 0 Å². The fraction of sp³-hybridized carbons (Fsp3) is 0.182. The van der Waals surface area contributed by atoms with Gasteiger partial charge in [0.25, 0.3) is 5.56 Å². The average molecular weight is 434 g/mol. The topological polar surface area (TPSA) is 95.3 Å². The van der Waals surface area contributed by atoms with Crippen LogP contribution in [0.15, 0.2) is 47.3 Å². The van der Waals surface area contributed by atoms with Crippen molar-refractivity contribution in [3.8, 4) is 22.8 Å². The molecule has 1 amide bonds. The van der Waals surface area contributed by atoms with Crippen molar-refractivity contribution < 1.29 is 14.3 Å². The molecule has 0 aliphatic carbocycles. The van der Waals surface area contributed by atoms with Crippen molar-refractivity contribution in [2.24, 2.45) is 0 Å². The van der Waals surface area contributed by atoms with Crippen molar-refractivity contribution in [1.29, 1.82) is 0 Å². The molecule has 2 aromatic carbocycles. The van der Waals surface area contributed by atoms with E-state index in [1.165, 1.54) is 16.0 Å². The van der Waals surface area contributed by atoms with Gasteiger partial charge in [-0.25, -0.2) is 9.67 Å². The number of hydrogen-bond acceptors (Lipinski definition) is 7. The van der Waals surface area contributed by atoms with Crippen LogP contribution in [0.5, 0.6) is 11.5 Å². The van der Waals surface area contributed by atoms with E-state index in [1.807, 2.05) is 38.1 Å². The SMILES string of the molecule is Cc1ccc(-c2nn(CC(=O)Nc3ccc4c(c3)OCO4)c(=O)c3nc(C)sc23)cc1. The third-order valence-electron chi connectivity index (χ3n) is 4.88. The Morgan fingerprint density at radius 2 is 1.90 bits per heavy atom. The summed E-state index contributed by atoms with van der Waals surface area (Å²) >= 11 is 1.42. The number of hydrogen-bond donors (Lipinski definition) is 1. The van der Waals surface area contributed by atoms with Crippen molar-refractivity contribution in [1.82, 2.24) is 14.8 Å². The Morgan fingerprint density at radius 3 is 2.71 bits per heavy atom. The first-order valence-corrected chi connectivity index (χ1v) is 10.4. The highest BCUT2D eigenvalue weighted by Gasteiger charge is 2.19. The number of fused-ring (bicyclic) bond motifs is 2. The maximum Gasteiger partial charge on any atom is 0.294 e. The number of thiazole rings is 1. The molecule has 8 nitrogen and oxygen atoms in total. The van der Waals surface area contributed by atoms with Crippen molar-refractivity contribution in [2.75, 3.05) is 12.1 Å². The second-order valence-corrected chi connectivity index (χ2v) is 8.41. The van der Waals surface area contributed by atoms with Gasteiger partial charge in [0.05, 0.1) is 9.71 Å². The van der Waals surface area contributed by atoms with E-state index in [0.717, 1.165) is 20.8 Å². The Bertz CT molecular complexity index is 1380. The van der Waals surface area contributed by atoms with Gasteiger partial charge in [-0.2, -0.15) is 5.10 Å². The first-order chi connectivity index (χ1) is 15.0. The molecule has 1 N–H and O–H groups in total. The lowest BCUT2D eigenvalue weighted by Gasteiger charge is -2.10. The molecule has 0 saturated heterocycles. The minimum atomic E-state index is -0.393. The summed E-state index contributed by atoms with van der Waals surface area (Å²) in [6.45, 7) is 3.77. The van der Waals surface area contributed by atoms with E-state index in [9.17, 15) is 9.59 Å². The molecule has 0 spiro atoms. The van der Waals surface area contributed by atoms with E-state index < -0.39 is 5.56 Å². The van der Waals surface area contributed by atoms with E-state index >= 15 is 0 Å². The molecule has 4 aromatic rings. The zero-order valence-electron chi connectivity index (χ0n) is 16.8. The van der Waals surface area contributed by atoms with Gasteiger partial charge in [0, 0.05) is 17.3 Å². The normalized spacial score (nSPS) is 12.3. The molecule has 2 aromatic heterocycles. The first kappa shape index (κ1) is 19.3. The number of benzene rings is 2. The van der Waals surface area contributed by atoms with Gasteiger partial charge in [0.15, 0.2) is 17.0 Å². The number of nitrogens with one attached hydrogen (secondary N) is 1. The first-order valence-electron chi connectivity index (χ1n) is 9.63. The summed E-state index contributed by atoms with van der Waals surface area (Å²) in [5.41, 5.74) is 3.10. The summed E-state index contributed by atoms with van der Waals surface area (Å²) in [7, 11) is 0. The third-order valence-corrected chi connectivity index (χ3v) is 5.86. The van der Waals surface area contributed by atoms with E-state index in [2.05, 4.69) is 15.4 Å². The van der Waals surface area contributed by atoms with Crippen molar-refractivity contribution >= 4 is 33.1 Å². The number of nitrogens with zero attached hydrogens (tertiary/aromatic N) is 3. The molecule has 9 heteroatoms. The molecule has 1 aliphatic rings. The maximum atomic E-state index is 12.9. The second kappa shape index (κ2) is 7.51. The number of carbonyl (C=O) groups is 1. The summed E-state index contributed by atoms with van der Waals surface area (Å²) in [4.78, 5) is 30.0. The lowest BCUT2D eigenvalue weighted by molar-refractivity contribution is -0.117. The fourth-order valence-corrected chi connectivity index (χ4v) is 4.30. The van der Waals surface area contributed by atoms with Gasteiger partial charge in [-0.3, -0.25) is 9.59 Å². The van der Waals surface area contributed by atoms with Gasteiger partial charge < -0.3 is 14.8 Å². The Morgan fingerprint density at radius 1 is 1.13 bits per heavy atom. The summed E-state index contributed by atoms with van der Waals surface area (Å²) in [6.07, 6.45) is 0. The van der Waals surface area contributed by atoms with Gasteiger partial charge in [-0.05, 0) is 26.0 Å². The fourth-order valence-electron chi connectivity index (χ4n) is 3.38. The Balaban J connectivity index is 1.49. The quantitative estimate of drug-likeness (QED) is 0.528. The molecule has 0 fully saturated rings. The standard InChI is InChI=1S/C22H18N4O4S/c1-12-3-5-14(6-4-12)19-21-20(23-13(2)31-21)22(28)26(25-19)10-18(27)24-15-7-8-16-17(9-15)30-11-29-16/h3-9H,10-11H2,1-2H3,(H,24,27). The minimum Gasteiger partial charge on any atom is -0.454 e. The lowest BCUT2D eigenvalue weighted by Crippen LogP contribution is -2.30. The van der Waals surface area contributed by atoms with Crippen LogP contribution in [0.3, 0.4) is 0 Å². The minimum absolute atomic E-state index is 0.154. The van der Waals surface area contributed by atoms with Gasteiger partial charge in [0.1, 0.15) is 12.2 Å². The zero-order chi connectivity index (χ0) is 21.5. The number of amides is 1. The van der Waals surface area contributed by atoms with Crippen molar-refractivity contribution in [3.63, 3.8) is 0 Å². The Labute approximate surface area is 181 Å². The van der Waals surface area contributed by atoms with Gasteiger partial charge in [0.2, 0.25) is 12.7 Å². The lowest BCUT2D eigenvalue weighted by atomic mass is 10.1. The molecule has 0 radical (unpaired) electrons. The number of carbonyl (C=O) groups excluding carboxylic acids is 1. The smallest absolute Gasteiger partial charge is 0.294 e. The third kappa shape index (κ3) is 3.64. The highest BCUT2D eigenvalue weighted by Crippen LogP contribution is 2.34. The summed E-state index contributed by atoms with van der Waals surface area (Å²) in [5.74, 6) is 0.812. The number of anilines is 1. The zero-order valence-corrected chi connectivity index (χ0v) is 17.7. The van der Waals surface area contributed by atoms with Crippen LogP contribution in [0.4, 0.5) is 5.69 Å². The molecule has 0 saturated carbocycles. The second-order valence-electron chi connectivity index (χ2n) is 7.20. The van der Waals surface area contributed by atoms with Crippen LogP contribution < -0.4 is 20.3 Å². The molecule has 156 valence electrons. The van der Waals surface area contributed by atoms with Gasteiger partial charge in [-0.1, -0.05) is 29.8 Å². The molecule has 3 heterocycles. The summed E-state index contributed by atoms with van der Waals surface area (Å²) in [6, 6.07) is 13.0. The molecular weight excluding hydrogens is 416 g/mol. The van der Waals surface area contributed by atoms with Crippen LogP contribution in [-0.4, -0.2) is 27.5 Å². The summed E-state index contributed by atoms with van der Waals surface area (Å²) in [5, 5.41) is 8.07. The van der Waals surface area contributed by atoms with Crippen LogP contribution in [0.1, 0.15) is 10.6 Å². The predicted octanol–water partition coefficient (Wildman–Crippen LogP) is 3.50. The monoisotopic (exact) mass is 434 g/mol. The van der Waals surface area contributed by atoms with Crippen molar-refractivity contribution in [2.45, 2.75) is 20.4 Å². The van der Waals surface area contributed by atoms with Crippen LogP contribution in [0.25, 0.3) is 21.5 Å². The number of ether oxygens (including phenoxy) is 2. The predicted molar refractivity (Wildman–Crippen MR) is 118 cm³/mol. The van der Waals surface area contributed by atoms with E-state index in [1.54, 1.807) is 18.2 Å². The van der Waals surface area contributed by atoms with Crippen LogP contribution in [-0.2, 0) is 11.3 Å². The molecule has 31 heavy (non-hydrogen) atoms. The van der Waals surface area contributed by atoms with Crippen LogP contribution in [0, 0.1) is 13.8 Å². The molecule has 0 unspecified atom stereocenters. The average Bonchev–Trinajstić information content (AvgIpc) is 3.37. The highest BCUT2D eigenvalue weighted by molar-refractivity contribution is 7.19. The maximum absolute atomic E-state index is 12.9. The highest BCUT2D eigenvalue weighted by atomic mass is 32.1. The summed E-state index contributed by atoms with van der Waals surface area (Å²) < 4.78 is 12.5. The Kier molecular flexibility index (Phi) is 4.67. The van der Waals surface area contributed by atoms with E-state index in [4.69, 9.17) is 9.47 Å². The molecule has 0 atom stereocenters. The van der Waals surface area contributed by atoms with Crippen LogP contribution >= 0.6 is 11.3 Å². The largest absolute Gasteiger partial charge is 0.454 e. The van der Waals surface area contributed by atoms with Gasteiger partial charge in [-0.15, -0.1) is 11.3 Å². The molecule has 0 bridgehead atoms. The van der Waals surface area contributed by atoms with Crippen molar-refractivity contribution in [3.05, 3.63) is 63.4 Å².